The number of hydrogen-bond donors (Lipinski definition) is 0. The van der Waals surface area contributed by atoms with Gasteiger partial charge in [-0.25, -0.2) is 9.98 Å². The van der Waals surface area contributed by atoms with Crippen molar-refractivity contribution in [1.82, 2.24) is 4.98 Å². The van der Waals surface area contributed by atoms with E-state index in [0.29, 0.717) is 17.7 Å². The SMILES string of the molecule is CCOC([O-])=C1C=c2cc(Br)ncc2=N1. The van der Waals surface area contributed by atoms with Crippen molar-refractivity contribution in [1.29, 1.82) is 0 Å². The second kappa shape index (κ2) is 4.02. The van der Waals surface area contributed by atoms with Gasteiger partial charge < -0.3 is 9.84 Å². The van der Waals surface area contributed by atoms with Gasteiger partial charge in [-0.15, -0.1) is 0 Å². The second-order valence-electron chi connectivity index (χ2n) is 2.93. The van der Waals surface area contributed by atoms with E-state index in [1.165, 1.54) is 0 Å². The maximum absolute atomic E-state index is 11.4. The summed E-state index contributed by atoms with van der Waals surface area (Å²) in [6.07, 6.45) is 3.31. The van der Waals surface area contributed by atoms with Gasteiger partial charge in [-0.3, -0.25) is 0 Å². The average molecular weight is 268 g/mol. The van der Waals surface area contributed by atoms with Crippen molar-refractivity contribution in [3.8, 4) is 0 Å². The molecule has 0 aromatic carbocycles. The standard InChI is InChI=1S/C10H9BrN2O2/c1-2-15-10(14)7-3-6-4-9(11)12-5-8(6)13-7/h3-5,14H,2H2,1H3/p-1. The van der Waals surface area contributed by atoms with Gasteiger partial charge in [0.25, 0.3) is 0 Å². The molecule has 0 radical (unpaired) electrons. The largest absolute Gasteiger partial charge is 0.612 e. The summed E-state index contributed by atoms with van der Waals surface area (Å²) in [6.45, 7) is 2.11. The van der Waals surface area contributed by atoms with E-state index in [-0.39, 0.29) is 0 Å². The van der Waals surface area contributed by atoms with Gasteiger partial charge in [0.05, 0.1) is 23.2 Å². The van der Waals surface area contributed by atoms with Crippen LogP contribution < -0.4 is 15.7 Å². The minimum Gasteiger partial charge on any atom is -0.612 e. The van der Waals surface area contributed by atoms with Gasteiger partial charge in [-0.1, -0.05) is 6.92 Å². The zero-order valence-corrected chi connectivity index (χ0v) is 9.61. The van der Waals surface area contributed by atoms with E-state index in [1.807, 2.05) is 6.07 Å². The highest BCUT2D eigenvalue weighted by atomic mass is 79.9. The Morgan fingerprint density at radius 1 is 1.60 bits per heavy atom. The van der Waals surface area contributed by atoms with E-state index in [1.54, 1.807) is 19.2 Å². The predicted molar refractivity (Wildman–Crippen MR) is 55.8 cm³/mol. The number of aromatic nitrogens is 1. The topological polar surface area (TPSA) is 57.5 Å². The van der Waals surface area contributed by atoms with E-state index >= 15 is 0 Å². The third-order valence-electron chi connectivity index (χ3n) is 1.90. The highest BCUT2D eigenvalue weighted by Crippen LogP contribution is 2.07. The molecule has 5 heteroatoms. The van der Waals surface area contributed by atoms with Crippen molar-refractivity contribution in [2.24, 2.45) is 4.99 Å². The first kappa shape index (κ1) is 10.2. The van der Waals surface area contributed by atoms with Crippen LogP contribution in [0.25, 0.3) is 6.08 Å². The maximum atomic E-state index is 11.4. The fourth-order valence-corrected chi connectivity index (χ4v) is 1.61. The summed E-state index contributed by atoms with van der Waals surface area (Å²) in [5, 5.41) is 13.0. The number of nitrogens with zero attached hydrogens (tertiary/aromatic N) is 2. The fourth-order valence-electron chi connectivity index (χ4n) is 1.26. The number of allylic oxidation sites excluding steroid dienone is 1. The smallest absolute Gasteiger partial charge is 0.106 e. The molecule has 1 aromatic heterocycles. The molecule has 0 saturated heterocycles. The molecule has 0 aliphatic carbocycles. The monoisotopic (exact) mass is 267 g/mol. The van der Waals surface area contributed by atoms with Crippen molar-refractivity contribution in [2.45, 2.75) is 6.92 Å². The number of fused-ring (bicyclic) bond motifs is 1. The third kappa shape index (κ3) is 2.02. The third-order valence-corrected chi connectivity index (χ3v) is 2.33. The summed E-state index contributed by atoms with van der Waals surface area (Å²) in [4.78, 5) is 8.14. The maximum Gasteiger partial charge on any atom is 0.106 e. The van der Waals surface area contributed by atoms with Crippen molar-refractivity contribution in [3.05, 3.63) is 39.1 Å². The van der Waals surface area contributed by atoms with Crippen LogP contribution >= 0.6 is 15.9 Å². The van der Waals surface area contributed by atoms with E-state index in [4.69, 9.17) is 4.74 Å². The molecule has 0 fully saturated rings. The molecule has 0 N–H and O–H groups in total. The molecular weight excluding hydrogens is 260 g/mol. The number of rotatable bonds is 2. The van der Waals surface area contributed by atoms with Gasteiger partial charge in [0.2, 0.25) is 0 Å². The highest BCUT2D eigenvalue weighted by molar-refractivity contribution is 9.10. The minimum atomic E-state index is -0.398. The molecule has 0 saturated carbocycles. The van der Waals surface area contributed by atoms with Gasteiger partial charge in [0.1, 0.15) is 4.60 Å². The normalized spacial score (nSPS) is 16.4. The van der Waals surface area contributed by atoms with E-state index in [0.717, 1.165) is 9.82 Å². The van der Waals surface area contributed by atoms with Crippen molar-refractivity contribution >= 4 is 22.0 Å². The lowest BCUT2D eigenvalue weighted by molar-refractivity contribution is -0.357. The predicted octanol–water partition coefficient (Wildman–Crippen LogP) is -0.176. The molecule has 78 valence electrons. The van der Waals surface area contributed by atoms with Crippen LogP contribution in [0.15, 0.2) is 33.5 Å². The number of halogens is 1. The zero-order chi connectivity index (χ0) is 10.8. The Morgan fingerprint density at radius 2 is 2.40 bits per heavy atom. The van der Waals surface area contributed by atoms with E-state index < -0.39 is 5.95 Å². The van der Waals surface area contributed by atoms with Crippen molar-refractivity contribution < 1.29 is 9.84 Å². The van der Waals surface area contributed by atoms with E-state index in [2.05, 4.69) is 25.9 Å². The highest BCUT2D eigenvalue weighted by Gasteiger charge is 2.03. The summed E-state index contributed by atoms with van der Waals surface area (Å²) in [6, 6.07) is 1.81. The first-order valence-corrected chi connectivity index (χ1v) is 5.26. The van der Waals surface area contributed by atoms with Crippen LogP contribution in [0.3, 0.4) is 0 Å². The molecule has 0 unspecified atom stereocenters. The lowest BCUT2D eigenvalue weighted by Crippen LogP contribution is -2.21. The summed E-state index contributed by atoms with van der Waals surface area (Å²) in [5.74, 6) is -0.398. The molecule has 1 aliphatic heterocycles. The van der Waals surface area contributed by atoms with Crippen LogP contribution in [0.4, 0.5) is 0 Å². The number of ether oxygens (including phenoxy) is 1. The Kier molecular flexibility index (Phi) is 2.73. The Bertz CT molecular complexity index is 537. The van der Waals surface area contributed by atoms with Gasteiger partial charge in [0, 0.05) is 5.22 Å². The van der Waals surface area contributed by atoms with Crippen LogP contribution in [-0.4, -0.2) is 11.6 Å². The summed E-state index contributed by atoms with van der Waals surface area (Å²) in [5.41, 5.74) is 0.326. The molecule has 1 aliphatic rings. The van der Waals surface area contributed by atoms with Crippen LogP contribution in [0, 0.1) is 0 Å². The summed E-state index contributed by atoms with van der Waals surface area (Å²) < 4.78 is 5.57. The van der Waals surface area contributed by atoms with Crippen LogP contribution in [-0.2, 0) is 4.74 Å². The fraction of sp³-hybridized carbons (Fsp3) is 0.200. The quantitative estimate of drug-likeness (QED) is 0.552. The molecule has 2 rings (SSSR count). The molecule has 0 spiro atoms. The van der Waals surface area contributed by atoms with E-state index in [9.17, 15) is 5.11 Å². The molecule has 0 amide bonds. The molecule has 0 bridgehead atoms. The number of pyridine rings is 1. The molecule has 15 heavy (non-hydrogen) atoms. The Labute approximate surface area is 94.8 Å². The second-order valence-corrected chi connectivity index (χ2v) is 3.74. The molecular formula is C10H8BrN2O2-. The zero-order valence-electron chi connectivity index (χ0n) is 8.03. The molecule has 1 aromatic rings. The first-order chi connectivity index (χ1) is 7.20. The van der Waals surface area contributed by atoms with Crippen molar-refractivity contribution in [3.63, 3.8) is 0 Å². The molecule has 2 heterocycles. The average Bonchev–Trinajstić information content (AvgIpc) is 2.60. The Hall–Kier alpha value is -1.36. The lowest BCUT2D eigenvalue weighted by Gasteiger charge is -2.12. The Morgan fingerprint density at radius 3 is 3.13 bits per heavy atom. The van der Waals surface area contributed by atoms with Crippen molar-refractivity contribution in [2.75, 3.05) is 6.61 Å². The lowest BCUT2D eigenvalue weighted by atomic mass is 10.3. The number of hydrogen-bond acceptors (Lipinski definition) is 4. The van der Waals surface area contributed by atoms with Gasteiger partial charge in [-0.2, -0.15) is 0 Å². The van der Waals surface area contributed by atoms with Gasteiger partial charge in [0.15, 0.2) is 0 Å². The summed E-state index contributed by atoms with van der Waals surface area (Å²) in [7, 11) is 0. The van der Waals surface area contributed by atoms with Crippen LogP contribution in [0.1, 0.15) is 6.92 Å². The van der Waals surface area contributed by atoms with Crippen LogP contribution in [0.2, 0.25) is 0 Å². The summed E-state index contributed by atoms with van der Waals surface area (Å²) >= 11 is 3.25. The van der Waals surface area contributed by atoms with Gasteiger partial charge >= 0.3 is 0 Å². The minimum absolute atomic E-state index is 0.326. The first-order valence-electron chi connectivity index (χ1n) is 4.47. The van der Waals surface area contributed by atoms with Gasteiger partial charge in [-0.05, 0) is 34.7 Å². The Balaban J connectivity index is 2.51. The molecule has 4 nitrogen and oxygen atoms in total. The molecule has 0 atom stereocenters. The van der Waals surface area contributed by atoms with Crippen LogP contribution in [0.5, 0.6) is 0 Å².